The van der Waals surface area contributed by atoms with E-state index in [4.69, 9.17) is 0 Å². The van der Waals surface area contributed by atoms with Crippen molar-refractivity contribution in [3.63, 3.8) is 0 Å². The lowest BCUT2D eigenvalue weighted by Gasteiger charge is -1.88. The molecule has 0 heterocycles. The molecule has 0 radical (unpaired) electrons. The molecule has 62 valence electrons. The lowest BCUT2D eigenvalue weighted by Crippen LogP contribution is -1.92. The molecule has 0 N–H and O–H groups in total. The first-order valence-corrected chi connectivity index (χ1v) is 4.14. The van der Waals surface area contributed by atoms with Crippen LogP contribution in [-0.2, 0) is 10.5 Å². The lowest BCUT2D eigenvalue weighted by atomic mass is 10.2. The van der Waals surface area contributed by atoms with Gasteiger partial charge in [0.15, 0.2) is 0 Å². The largest absolute Gasteiger partial charge is 0.319 e. The van der Waals surface area contributed by atoms with Crippen molar-refractivity contribution in [2.24, 2.45) is 4.36 Å². The minimum absolute atomic E-state index is 0.265. The van der Waals surface area contributed by atoms with Crippen LogP contribution in [0.5, 0.6) is 0 Å². The highest BCUT2D eigenvalue weighted by molar-refractivity contribution is 7.62. The SMILES string of the molecule is O=C(N=S(=O)=O)c1ccccc1. The van der Waals surface area contributed by atoms with Gasteiger partial charge < -0.3 is 0 Å². The molecule has 1 aromatic carbocycles. The number of rotatable bonds is 1. The van der Waals surface area contributed by atoms with Crippen LogP contribution >= 0.6 is 0 Å². The second-order valence-corrected chi connectivity index (χ2v) is 2.60. The van der Waals surface area contributed by atoms with Crippen molar-refractivity contribution in [1.29, 1.82) is 0 Å². The molecule has 0 bridgehead atoms. The highest BCUT2D eigenvalue weighted by Crippen LogP contribution is 1.99. The average Bonchev–Trinajstić information content (AvgIpc) is 2.05. The molecule has 0 unspecified atom stereocenters. The summed E-state index contributed by atoms with van der Waals surface area (Å²) < 4.78 is 22.8. The Hall–Kier alpha value is -1.49. The molecular weight excluding hydrogens is 178 g/mol. The molecule has 0 spiro atoms. The van der Waals surface area contributed by atoms with Gasteiger partial charge in [0.05, 0.1) is 0 Å². The fourth-order valence-corrected chi connectivity index (χ4v) is 0.942. The summed E-state index contributed by atoms with van der Waals surface area (Å²) in [5.74, 6) is -0.746. The van der Waals surface area contributed by atoms with Gasteiger partial charge in [0.2, 0.25) is 0 Å². The van der Waals surface area contributed by atoms with E-state index in [1.54, 1.807) is 18.2 Å². The molecule has 1 aromatic rings. The maximum atomic E-state index is 10.9. The molecule has 0 saturated heterocycles. The maximum absolute atomic E-state index is 10.9. The molecule has 4 nitrogen and oxygen atoms in total. The Morgan fingerprint density at radius 1 is 1.17 bits per heavy atom. The quantitative estimate of drug-likeness (QED) is 0.649. The Labute approximate surface area is 70.6 Å². The summed E-state index contributed by atoms with van der Waals surface area (Å²) in [5, 5.41) is 0. The smallest absolute Gasteiger partial charge is 0.266 e. The van der Waals surface area contributed by atoms with E-state index >= 15 is 0 Å². The average molecular weight is 183 g/mol. The van der Waals surface area contributed by atoms with Crippen molar-refractivity contribution >= 4 is 16.4 Å². The van der Waals surface area contributed by atoms with Gasteiger partial charge in [-0.25, -0.2) is 0 Å². The van der Waals surface area contributed by atoms with Gasteiger partial charge in [0.1, 0.15) is 0 Å². The fraction of sp³-hybridized carbons (Fsp3) is 0. The molecule has 0 aromatic heterocycles. The maximum Gasteiger partial charge on any atom is 0.319 e. The zero-order valence-electron chi connectivity index (χ0n) is 5.97. The summed E-state index contributed by atoms with van der Waals surface area (Å²) >= 11 is 0. The van der Waals surface area contributed by atoms with Crippen LogP contribution in [-0.4, -0.2) is 14.3 Å². The summed E-state index contributed by atoms with van der Waals surface area (Å²) in [6.45, 7) is 0. The van der Waals surface area contributed by atoms with E-state index in [1.165, 1.54) is 12.1 Å². The van der Waals surface area contributed by atoms with Crippen LogP contribution in [0.25, 0.3) is 0 Å². The predicted octanol–water partition coefficient (Wildman–Crippen LogP) is 0.890. The molecule has 0 atom stereocenters. The first kappa shape index (κ1) is 8.61. The van der Waals surface area contributed by atoms with E-state index in [1.807, 2.05) is 0 Å². The van der Waals surface area contributed by atoms with E-state index < -0.39 is 16.4 Å². The normalized spacial score (nSPS) is 9.00. The van der Waals surface area contributed by atoms with Gasteiger partial charge in [-0.1, -0.05) is 22.6 Å². The number of carbonyl (C=O) groups excluding carboxylic acids is 1. The summed E-state index contributed by atoms with van der Waals surface area (Å²) in [7, 11) is -2.67. The Morgan fingerprint density at radius 3 is 2.25 bits per heavy atom. The number of carbonyl (C=O) groups is 1. The van der Waals surface area contributed by atoms with Crippen LogP contribution in [0.2, 0.25) is 0 Å². The van der Waals surface area contributed by atoms with E-state index in [9.17, 15) is 13.2 Å². The van der Waals surface area contributed by atoms with Crippen LogP contribution in [0, 0.1) is 0 Å². The summed E-state index contributed by atoms with van der Waals surface area (Å²) in [4.78, 5) is 10.9. The number of hydrogen-bond acceptors (Lipinski definition) is 3. The third-order valence-electron chi connectivity index (χ3n) is 1.18. The number of nitrogens with zero attached hydrogens (tertiary/aromatic N) is 1. The highest BCUT2D eigenvalue weighted by Gasteiger charge is 2.01. The topological polar surface area (TPSA) is 63.6 Å². The van der Waals surface area contributed by atoms with Crippen molar-refractivity contribution in [2.75, 3.05) is 0 Å². The monoisotopic (exact) mass is 183 g/mol. The van der Waals surface area contributed by atoms with Gasteiger partial charge in [-0.3, -0.25) is 4.79 Å². The van der Waals surface area contributed by atoms with Crippen LogP contribution in [0.1, 0.15) is 10.4 Å². The Morgan fingerprint density at radius 2 is 1.75 bits per heavy atom. The number of hydrogen-bond donors (Lipinski definition) is 0. The first-order chi connectivity index (χ1) is 5.70. The molecule has 0 aliphatic carbocycles. The summed E-state index contributed by atoms with van der Waals surface area (Å²) in [6, 6.07) is 8.00. The molecule has 0 fully saturated rings. The van der Waals surface area contributed by atoms with Crippen LogP contribution < -0.4 is 0 Å². The summed E-state index contributed by atoms with van der Waals surface area (Å²) in [6.07, 6.45) is 0. The minimum atomic E-state index is -2.67. The van der Waals surface area contributed by atoms with E-state index in [0.29, 0.717) is 0 Å². The third-order valence-corrected chi connectivity index (χ3v) is 1.49. The molecular formula is C7H5NO3S. The fourth-order valence-electron chi connectivity index (χ4n) is 0.701. The van der Waals surface area contributed by atoms with Gasteiger partial charge in [-0.05, 0) is 12.1 Å². The summed E-state index contributed by atoms with van der Waals surface area (Å²) in [5.41, 5.74) is 0.265. The second kappa shape index (κ2) is 3.77. The van der Waals surface area contributed by atoms with E-state index in [2.05, 4.69) is 4.36 Å². The van der Waals surface area contributed by atoms with Crippen molar-refractivity contribution in [2.45, 2.75) is 0 Å². The van der Waals surface area contributed by atoms with Gasteiger partial charge in [0.25, 0.3) is 5.91 Å². The Balaban J connectivity index is 3.02. The molecule has 1 amide bonds. The Kier molecular flexibility index (Phi) is 2.71. The van der Waals surface area contributed by atoms with Crippen molar-refractivity contribution in [1.82, 2.24) is 0 Å². The van der Waals surface area contributed by atoms with E-state index in [-0.39, 0.29) is 5.56 Å². The third kappa shape index (κ3) is 2.28. The first-order valence-electron chi connectivity index (χ1n) is 3.10. The van der Waals surface area contributed by atoms with Gasteiger partial charge >= 0.3 is 10.5 Å². The highest BCUT2D eigenvalue weighted by atomic mass is 32.2. The van der Waals surface area contributed by atoms with Crippen molar-refractivity contribution in [3.8, 4) is 0 Å². The molecule has 0 aliphatic heterocycles. The minimum Gasteiger partial charge on any atom is -0.266 e. The molecule has 0 saturated carbocycles. The van der Waals surface area contributed by atoms with E-state index in [0.717, 1.165) is 0 Å². The van der Waals surface area contributed by atoms with Crippen LogP contribution in [0.4, 0.5) is 0 Å². The molecule has 5 heteroatoms. The predicted molar refractivity (Wildman–Crippen MR) is 42.1 cm³/mol. The lowest BCUT2D eigenvalue weighted by molar-refractivity contribution is 0.100. The van der Waals surface area contributed by atoms with Crippen LogP contribution in [0.15, 0.2) is 34.7 Å². The zero-order chi connectivity index (χ0) is 8.97. The van der Waals surface area contributed by atoms with Crippen molar-refractivity contribution in [3.05, 3.63) is 35.9 Å². The Bertz CT molecular complexity index is 400. The second-order valence-electron chi connectivity index (χ2n) is 1.98. The molecule has 0 aliphatic rings. The van der Waals surface area contributed by atoms with Crippen molar-refractivity contribution < 1.29 is 13.2 Å². The van der Waals surface area contributed by atoms with Gasteiger partial charge in [-0.2, -0.15) is 8.42 Å². The molecule has 12 heavy (non-hydrogen) atoms. The number of benzene rings is 1. The standard InChI is InChI=1S/C7H5NO3S/c9-7(8-12(10)11)6-4-2-1-3-5-6/h1-5H. The van der Waals surface area contributed by atoms with Gasteiger partial charge in [0, 0.05) is 5.56 Å². The number of amides is 1. The van der Waals surface area contributed by atoms with Gasteiger partial charge in [-0.15, -0.1) is 0 Å². The van der Waals surface area contributed by atoms with Crippen LogP contribution in [0.3, 0.4) is 0 Å². The zero-order valence-corrected chi connectivity index (χ0v) is 6.78. The molecule has 1 rings (SSSR count).